The van der Waals surface area contributed by atoms with Crippen LogP contribution >= 0.6 is 0 Å². The maximum atomic E-state index is 11.3. The molecular formula is C14H27N3O3. The molecule has 0 bridgehead atoms. The third kappa shape index (κ3) is 4.70. The summed E-state index contributed by atoms with van der Waals surface area (Å²) in [6, 6.07) is 0.771. The number of hydrogen-bond acceptors (Lipinski definition) is 5. The summed E-state index contributed by atoms with van der Waals surface area (Å²) in [5, 5.41) is 6.27. The minimum Gasteiger partial charge on any atom is -0.358 e. The van der Waals surface area contributed by atoms with Crippen molar-refractivity contribution in [2.45, 2.75) is 44.6 Å². The van der Waals surface area contributed by atoms with Gasteiger partial charge in [0.25, 0.3) is 0 Å². The standard InChI is InChI=1S/C14H27N3O3/c1-14(2)19-9-12(10-20-14)16-11-4-6-17(7-5-11)8-13(18)15-3/h11-12,16H,4-10H2,1-3H3,(H,15,18). The Bertz CT molecular complexity index is 318. The van der Waals surface area contributed by atoms with Crippen molar-refractivity contribution in [2.24, 2.45) is 0 Å². The minimum absolute atomic E-state index is 0.0905. The van der Waals surface area contributed by atoms with Crippen molar-refractivity contribution < 1.29 is 14.3 Å². The highest BCUT2D eigenvalue weighted by atomic mass is 16.7. The molecule has 2 heterocycles. The number of nitrogens with zero attached hydrogens (tertiary/aromatic N) is 1. The molecule has 0 spiro atoms. The average molecular weight is 285 g/mol. The lowest BCUT2D eigenvalue weighted by molar-refractivity contribution is -0.253. The number of ether oxygens (including phenoxy) is 2. The molecule has 0 aromatic rings. The summed E-state index contributed by atoms with van der Waals surface area (Å²) in [6.45, 7) is 7.72. The molecule has 2 aliphatic heterocycles. The smallest absolute Gasteiger partial charge is 0.233 e. The fraction of sp³-hybridized carbons (Fsp3) is 0.929. The molecule has 2 fully saturated rings. The van der Waals surface area contributed by atoms with Crippen LogP contribution in [0.15, 0.2) is 0 Å². The number of likely N-dealkylation sites (N-methyl/N-ethyl adjacent to an activating group) is 1. The van der Waals surface area contributed by atoms with Gasteiger partial charge in [-0.25, -0.2) is 0 Å². The lowest BCUT2D eigenvalue weighted by Gasteiger charge is -2.39. The third-order valence-electron chi connectivity index (χ3n) is 3.97. The molecule has 0 aromatic heterocycles. The van der Waals surface area contributed by atoms with Crippen LogP contribution in [0.25, 0.3) is 0 Å². The number of carbonyl (C=O) groups excluding carboxylic acids is 1. The molecule has 0 saturated carbocycles. The Morgan fingerprint density at radius 1 is 1.20 bits per heavy atom. The molecule has 0 unspecified atom stereocenters. The van der Waals surface area contributed by atoms with E-state index in [4.69, 9.17) is 9.47 Å². The monoisotopic (exact) mass is 285 g/mol. The first-order valence-corrected chi connectivity index (χ1v) is 7.45. The molecule has 2 saturated heterocycles. The van der Waals surface area contributed by atoms with E-state index in [0.717, 1.165) is 25.9 Å². The molecule has 116 valence electrons. The summed E-state index contributed by atoms with van der Waals surface area (Å²) in [5.41, 5.74) is 0. The molecule has 0 aliphatic carbocycles. The quantitative estimate of drug-likeness (QED) is 0.757. The zero-order valence-corrected chi connectivity index (χ0v) is 12.8. The second-order valence-electron chi connectivity index (χ2n) is 6.11. The fourth-order valence-electron chi connectivity index (χ4n) is 2.66. The molecule has 2 aliphatic rings. The van der Waals surface area contributed by atoms with Gasteiger partial charge in [0.1, 0.15) is 0 Å². The highest BCUT2D eigenvalue weighted by molar-refractivity contribution is 5.77. The number of carbonyl (C=O) groups is 1. The molecule has 0 atom stereocenters. The van der Waals surface area contributed by atoms with Crippen LogP contribution in [0.1, 0.15) is 26.7 Å². The molecular weight excluding hydrogens is 258 g/mol. The van der Waals surface area contributed by atoms with E-state index < -0.39 is 5.79 Å². The maximum Gasteiger partial charge on any atom is 0.233 e. The predicted octanol–water partition coefficient (Wildman–Crippen LogP) is -0.0621. The van der Waals surface area contributed by atoms with Crippen molar-refractivity contribution in [3.63, 3.8) is 0 Å². The number of rotatable bonds is 4. The Labute approximate surface area is 121 Å². The summed E-state index contributed by atoms with van der Waals surface area (Å²) in [4.78, 5) is 13.5. The number of nitrogens with one attached hydrogen (secondary N) is 2. The van der Waals surface area contributed by atoms with Crippen LogP contribution in [0, 0.1) is 0 Å². The number of piperidine rings is 1. The molecule has 0 aromatic carbocycles. The van der Waals surface area contributed by atoms with Crippen molar-refractivity contribution in [1.82, 2.24) is 15.5 Å². The molecule has 20 heavy (non-hydrogen) atoms. The van der Waals surface area contributed by atoms with E-state index in [1.807, 2.05) is 13.8 Å². The van der Waals surface area contributed by atoms with Gasteiger partial charge in [0.05, 0.1) is 25.8 Å². The molecule has 0 radical (unpaired) electrons. The topological polar surface area (TPSA) is 62.8 Å². The van der Waals surface area contributed by atoms with E-state index in [-0.39, 0.29) is 11.9 Å². The van der Waals surface area contributed by atoms with Crippen LogP contribution < -0.4 is 10.6 Å². The van der Waals surface area contributed by atoms with E-state index in [1.165, 1.54) is 0 Å². The Hall–Kier alpha value is -0.690. The van der Waals surface area contributed by atoms with E-state index in [1.54, 1.807) is 7.05 Å². The van der Waals surface area contributed by atoms with Gasteiger partial charge in [0.15, 0.2) is 5.79 Å². The molecule has 2 rings (SSSR count). The van der Waals surface area contributed by atoms with Crippen molar-refractivity contribution in [3.05, 3.63) is 0 Å². The largest absolute Gasteiger partial charge is 0.358 e. The van der Waals surface area contributed by atoms with Gasteiger partial charge < -0.3 is 20.1 Å². The van der Waals surface area contributed by atoms with Crippen LogP contribution in [0.3, 0.4) is 0 Å². The summed E-state index contributed by atoms with van der Waals surface area (Å²) < 4.78 is 11.3. The van der Waals surface area contributed by atoms with Gasteiger partial charge in [-0.05, 0) is 26.7 Å². The zero-order chi connectivity index (χ0) is 14.6. The first-order chi connectivity index (χ1) is 9.48. The molecule has 6 nitrogen and oxygen atoms in total. The van der Waals surface area contributed by atoms with Gasteiger partial charge in [0.2, 0.25) is 5.91 Å². The van der Waals surface area contributed by atoms with Gasteiger partial charge in [-0.3, -0.25) is 9.69 Å². The van der Waals surface area contributed by atoms with Gasteiger partial charge in [-0.2, -0.15) is 0 Å². The first-order valence-electron chi connectivity index (χ1n) is 7.45. The van der Waals surface area contributed by atoms with Gasteiger partial charge in [-0.1, -0.05) is 0 Å². The van der Waals surface area contributed by atoms with Crippen molar-refractivity contribution in [1.29, 1.82) is 0 Å². The number of amides is 1. The van der Waals surface area contributed by atoms with Crippen molar-refractivity contribution >= 4 is 5.91 Å². The van der Waals surface area contributed by atoms with Crippen LogP contribution in [0.5, 0.6) is 0 Å². The molecule has 6 heteroatoms. The number of hydrogen-bond donors (Lipinski definition) is 2. The highest BCUT2D eigenvalue weighted by Gasteiger charge is 2.30. The zero-order valence-electron chi connectivity index (χ0n) is 12.8. The highest BCUT2D eigenvalue weighted by Crippen LogP contribution is 2.18. The Balaban J connectivity index is 1.66. The van der Waals surface area contributed by atoms with Crippen molar-refractivity contribution in [3.8, 4) is 0 Å². The maximum absolute atomic E-state index is 11.3. The lowest BCUT2D eigenvalue weighted by atomic mass is 10.0. The first kappa shape index (κ1) is 15.7. The number of likely N-dealkylation sites (tertiary alicyclic amines) is 1. The van der Waals surface area contributed by atoms with Crippen molar-refractivity contribution in [2.75, 3.05) is 39.9 Å². The van der Waals surface area contributed by atoms with Gasteiger partial charge in [-0.15, -0.1) is 0 Å². The fourth-order valence-corrected chi connectivity index (χ4v) is 2.66. The third-order valence-corrected chi connectivity index (χ3v) is 3.97. The molecule has 2 N–H and O–H groups in total. The van der Waals surface area contributed by atoms with Crippen LogP contribution in [0.2, 0.25) is 0 Å². The van der Waals surface area contributed by atoms with Crippen LogP contribution in [-0.4, -0.2) is 68.6 Å². The summed E-state index contributed by atoms with van der Waals surface area (Å²) in [6.07, 6.45) is 2.13. The lowest BCUT2D eigenvalue weighted by Crippen LogP contribution is -2.54. The average Bonchev–Trinajstić information content (AvgIpc) is 2.43. The van der Waals surface area contributed by atoms with Crippen LogP contribution in [0.4, 0.5) is 0 Å². The second-order valence-corrected chi connectivity index (χ2v) is 6.11. The SMILES string of the molecule is CNC(=O)CN1CCC(NC2COC(C)(C)OC2)CC1. The molecule has 1 amide bonds. The van der Waals surface area contributed by atoms with E-state index >= 15 is 0 Å². The summed E-state index contributed by atoms with van der Waals surface area (Å²) >= 11 is 0. The normalized spacial score (nSPS) is 25.6. The minimum atomic E-state index is -0.449. The Morgan fingerprint density at radius 2 is 1.80 bits per heavy atom. The second kappa shape index (κ2) is 6.85. The Morgan fingerprint density at radius 3 is 2.35 bits per heavy atom. The van der Waals surface area contributed by atoms with E-state index in [9.17, 15) is 4.79 Å². The Kier molecular flexibility index (Phi) is 5.37. The summed E-state index contributed by atoms with van der Waals surface area (Å²) in [5.74, 6) is -0.359. The van der Waals surface area contributed by atoms with E-state index in [0.29, 0.717) is 25.8 Å². The summed E-state index contributed by atoms with van der Waals surface area (Å²) in [7, 11) is 1.68. The predicted molar refractivity (Wildman–Crippen MR) is 76.4 cm³/mol. The van der Waals surface area contributed by atoms with Gasteiger partial charge in [0, 0.05) is 26.2 Å². The van der Waals surface area contributed by atoms with E-state index in [2.05, 4.69) is 15.5 Å². The van der Waals surface area contributed by atoms with Gasteiger partial charge >= 0.3 is 0 Å². The van der Waals surface area contributed by atoms with Crippen LogP contribution in [-0.2, 0) is 14.3 Å².